The molecule has 0 saturated carbocycles. The molecule has 1 N–H and O–H groups in total. The molecule has 0 bridgehead atoms. The van der Waals surface area contributed by atoms with Crippen LogP contribution in [-0.2, 0) is 10.0 Å². The Labute approximate surface area is 175 Å². The lowest BCUT2D eigenvalue weighted by Gasteiger charge is -2.32. The van der Waals surface area contributed by atoms with Crippen molar-refractivity contribution in [2.75, 3.05) is 42.8 Å². The van der Waals surface area contributed by atoms with Crippen molar-refractivity contribution in [1.29, 1.82) is 0 Å². The molecule has 1 fully saturated rings. The van der Waals surface area contributed by atoms with Crippen molar-refractivity contribution in [1.82, 2.24) is 15.1 Å². The van der Waals surface area contributed by atoms with Gasteiger partial charge in [0.15, 0.2) is 5.82 Å². The fraction of sp³-hybridized carbons (Fsp3) is 0.238. The normalized spacial score (nSPS) is 15.2. The van der Waals surface area contributed by atoms with Crippen LogP contribution in [0.25, 0.3) is 11.3 Å². The maximum absolute atomic E-state index is 13.9. The molecule has 1 aliphatic rings. The second-order valence-electron chi connectivity index (χ2n) is 7.18. The minimum Gasteiger partial charge on any atom is -0.353 e. The number of piperazine rings is 1. The molecule has 0 aliphatic carbocycles. The number of nitrogens with one attached hydrogen (secondary N) is 1. The maximum atomic E-state index is 13.9. The molecule has 9 heteroatoms. The molecule has 0 atom stereocenters. The van der Waals surface area contributed by atoms with E-state index in [1.807, 2.05) is 18.2 Å². The first kappa shape index (κ1) is 20.2. The summed E-state index contributed by atoms with van der Waals surface area (Å²) >= 11 is 0. The van der Waals surface area contributed by atoms with E-state index >= 15 is 0 Å². The Bertz CT molecular complexity index is 1130. The highest BCUT2D eigenvalue weighted by atomic mass is 32.2. The first-order valence-corrected chi connectivity index (χ1v) is 11.1. The van der Waals surface area contributed by atoms with Gasteiger partial charge in [0.2, 0.25) is 0 Å². The summed E-state index contributed by atoms with van der Waals surface area (Å²) in [4.78, 5) is 4.06. The van der Waals surface area contributed by atoms with Gasteiger partial charge >= 0.3 is 0 Å². The highest BCUT2D eigenvalue weighted by Crippen LogP contribution is 2.24. The number of hydrogen-bond acceptors (Lipinski definition) is 6. The molecule has 30 heavy (non-hydrogen) atoms. The second kappa shape index (κ2) is 8.37. The number of aromatic nitrogens is 2. The second-order valence-corrected chi connectivity index (χ2v) is 8.83. The van der Waals surface area contributed by atoms with Gasteiger partial charge in [0.25, 0.3) is 10.0 Å². The molecule has 156 valence electrons. The van der Waals surface area contributed by atoms with Crippen LogP contribution in [0, 0.1) is 5.82 Å². The fourth-order valence-corrected chi connectivity index (χ4v) is 4.43. The SMILES string of the molecule is CN1CCN(c2ccc(-c3cccc(NS(=O)(=O)c4ccccc4F)c3)nn2)CC1. The van der Waals surface area contributed by atoms with E-state index in [0.29, 0.717) is 16.9 Å². The molecular formula is C21H22FN5O2S. The smallest absolute Gasteiger partial charge is 0.264 e. The Morgan fingerprint density at radius 3 is 2.40 bits per heavy atom. The lowest BCUT2D eigenvalue weighted by atomic mass is 10.1. The first-order valence-electron chi connectivity index (χ1n) is 9.57. The van der Waals surface area contributed by atoms with Crippen LogP contribution < -0.4 is 9.62 Å². The topological polar surface area (TPSA) is 78.4 Å². The third-order valence-corrected chi connectivity index (χ3v) is 6.43. The Morgan fingerprint density at radius 1 is 0.933 bits per heavy atom. The number of hydrogen-bond donors (Lipinski definition) is 1. The average molecular weight is 428 g/mol. The first-order chi connectivity index (χ1) is 14.4. The number of likely N-dealkylation sites (N-methyl/N-ethyl adjacent to an activating group) is 1. The van der Waals surface area contributed by atoms with Gasteiger partial charge in [-0.05, 0) is 43.4 Å². The van der Waals surface area contributed by atoms with Gasteiger partial charge in [-0.3, -0.25) is 4.72 Å². The summed E-state index contributed by atoms with van der Waals surface area (Å²) in [6.07, 6.45) is 0. The molecule has 3 aromatic rings. The zero-order valence-corrected chi connectivity index (χ0v) is 17.3. The summed E-state index contributed by atoms with van der Waals surface area (Å²) in [6.45, 7) is 3.76. The number of halogens is 1. The minimum absolute atomic E-state index is 0.320. The predicted molar refractivity (Wildman–Crippen MR) is 114 cm³/mol. The van der Waals surface area contributed by atoms with Crippen molar-refractivity contribution in [3.8, 4) is 11.3 Å². The molecule has 4 rings (SSSR count). The maximum Gasteiger partial charge on any atom is 0.264 e. The van der Waals surface area contributed by atoms with Gasteiger partial charge in [-0.15, -0.1) is 10.2 Å². The summed E-state index contributed by atoms with van der Waals surface area (Å²) in [5, 5.41) is 8.65. The third kappa shape index (κ3) is 4.42. The number of nitrogens with zero attached hydrogens (tertiary/aromatic N) is 4. The fourth-order valence-electron chi connectivity index (χ4n) is 3.30. The van der Waals surface area contributed by atoms with Crippen LogP contribution in [0.2, 0.25) is 0 Å². The van der Waals surface area contributed by atoms with Crippen LogP contribution in [-0.4, -0.2) is 56.7 Å². The molecule has 0 radical (unpaired) electrons. The van der Waals surface area contributed by atoms with Crippen molar-refractivity contribution in [2.24, 2.45) is 0 Å². The van der Waals surface area contributed by atoms with Gasteiger partial charge in [0.1, 0.15) is 10.7 Å². The van der Waals surface area contributed by atoms with Crippen molar-refractivity contribution < 1.29 is 12.8 Å². The van der Waals surface area contributed by atoms with Gasteiger partial charge in [0, 0.05) is 37.4 Å². The lowest BCUT2D eigenvalue weighted by Crippen LogP contribution is -2.44. The van der Waals surface area contributed by atoms with Crippen molar-refractivity contribution in [3.63, 3.8) is 0 Å². The van der Waals surface area contributed by atoms with E-state index in [4.69, 9.17) is 0 Å². The molecule has 0 amide bonds. The van der Waals surface area contributed by atoms with Crippen LogP contribution in [0.4, 0.5) is 15.9 Å². The van der Waals surface area contributed by atoms with E-state index in [9.17, 15) is 12.8 Å². The van der Waals surface area contributed by atoms with Gasteiger partial charge < -0.3 is 9.80 Å². The van der Waals surface area contributed by atoms with Gasteiger partial charge in [-0.2, -0.15) is 0 Å². The zero-order valence-electron chi connectivity index (χ0n) is 16.5. The summed E-state index contributed by atoms with van der Waals surface area (Å²) in [5.41, 5.74) is 1.65. The highest BCUT2D eigenvalue weighted by molar-refractivity contribution is 7.92. The number of anilines is 2. The molecule has 0 spiro atoms. The summed E-state index contributed by atoms with van der Waals surface area (Å²) in [6, 6.07) is 15.8. The standard InChI is InChI=1S/C21H22FN5O2S/c1-26-11-13-27(14-12-26)21-10-9-19(23-24-21)16-5-4-6-17(15-16)25-30(28,29)20-8-3-2-7-18(20)22/h2-10,15,25H,11-14H2,1H3. The molecule has 7 nitrogen and oxygen atoms in total. The van der Waals surface area contributed by atoms with Gasteiger partial charge in [0.05, 0.1) is 5.69 Å². The van der Waals surface area contributed by atoms with Gasteiger partial charge in [-0.1, -0.05) is 24.3 Å². The Morgan fingerprint density at radius 2 is 1.70 bits per heavy atom. The molecule has 0 unspecified atom stereocenters. The lowest BCUT2D eigenvalue weighted by molar-refractivity contribution is 0.312. The summed E-state index contributed by atoms with van der Waals surface area (Å²) in [5.74, 6) is 0.0229. The van der Waals surface area contributed by atoms with E-state index in [1.165, 1.54) is 18.2 Å². The van der Waals surface area contributed by atoms with Crippen molar-refractivity contribution in [2.45, 2.75) is 4.90 Å². The van der Waals surface area contributed by atoms with Crippen LogP contribution in [0.1, 0.15) is 0 Å². The number of rotatable bonds is 5. The Kier molecular flexibility index (Phi) is 5.65. The van der Waals surface area contributed by atoms with Crippen molar-refractivity contribution >= 4 is 21.5 Å². The molecule has 1 aromatic heterocycles. The minimum atomic E-state index is -4.04. The molecule has 2 heterocycles. The quantitative estimate of drug-likeness (QED) is 0.675. The number of sulfonamides is 1. The Balaban J connectivity index is 1.53. The average Bonchev–Trinajstić information content (AvgIpc) is 2.74. The largest absolute Gasteiger partial charge is 0.353 e. The van der Waals surface area contributed by atoms with E-state index in [-0.39, 0.29) is 0 Å². The third-order valence-electron chi connectivity index (χ3n) is 5.01. The molecule has 1 saturated heterocycles. The van der Waals surface area contributed by atoms with Crippen molar-refractivity contribution in [3.05, 3.63) is 66.5 Å². The molecular weight excluding hydrogens is 405 g/mol. The molecule has 1 aliphatic heterocycles. The summed E-state index contributed by atoms with van der Waals surface area (Å²) in [7, 11) is -1.94. The van der Waals surface area contributed by atoms with E-state index in [2.05, 4.69) is 31.8 Å². The van der Waals surface area contributed by atoms with E-state index in [0.717, 1.165) is 38.1 Å². The number of benzene rings is 2. The zero-order chi connectivity index (χ0) is 21.1. The van der Waals surface area contributed by atoms with E-state index in [1.54, 1.807) is 18.2 Å². The van der Waals surface area contributed by atoms with Gasteiger partial charge in [-0.25, -0.2) is 12.8 Å². The van der Waals surface area contributed by atoms with E-state index < -0.39 is 20.7 Å². The monoisotopic (exact) mass is 427 g/mol. The van der Waals surface area contributed by atoms with Crippen LogP contribution in [0.15, 0.2) is 65.6 Å². The van der Waals surface area contributed by atoms with Crippen LogP contribution in [0.5, 0.6) is 0 Å². The van der Waals surface area contributed by atoms with Crippen LogP contribution in [0.3, 0.4) is 0 Å². The highest BCUT2D eigenvalue weighted by Gasteiger charge is 2.19. The Hall–Kier alpha value is -3.04. The van der Waals surface area contributed by atoms with Crippen LogP contribution >= 0.6 is 0 Å². The predicted octanol–water partition coefficient (Wildman–Crippen LogP) is 2.84. The summed E-state index contributed by atoms with van der Waals surface area (Å²) < 4.78 is 41.4. The molecule has 2 aromatic carbocycles.